The number of rotatable bonds is 1. The van der Waals surface area contributed by atoms with Crippen LogP contribution in [0.1, 0.15) is 0 Å². The molecule has 3 nitrogen and oxygen atoms in total. The van der Waals surface area contributed by atoms with Gasteiger partial charge in [-0.15, -0.1) is 0 Å². The van der Waals surface area contributed by atoms with Crippen LogP contribution in [0.3, 0.4) is 0 Å². The molecule has 21 heavy (non-hydrogen) atoms. The molecule has 0 spiro atoms. The zero-order valence-corrected chi connectivity index (χ0v) is 10.8. The first-order valence-electron chi connectivity index (χ1n) is 6.41. The van der Waals surface area contributed by atoms with Crippen molar-refractivity contribution in [1.29, 1.82) is 0 Å². The van der Waals surface area contributed by atoms with Crippen LogP contribution in [0.5, 0.6) is 0 Å². The SMILES string of the molecule is Fc1cc(F)c2nc(-c3cccc4cccnc34)[nH]c2c1. The van der Waals surface area contributed by atoms with Crippen molar-refractivity contribution in [1.82, 2.24) is 15.0 Å². The van der Waals surface area contributed by atoms with Gasteiger partial charge in [-0.1, -0.05) is 18.2 Å². The molecule has 0 atom stereocenters. The van der Waals surface area contributed by atoms with Gasteiger partial charge in [-0.05, 0) is 18.2 Å². The van der Waals surface area contributed by atoms with Crippen LogP contribution in [0.25, 0.3) is 33.3 Å². The summed E-state index contributed by atoms with van der Waals surface area (Å²) >= 11 is 0. The van der Waals surface area contributed by atoms with E-state index in [2.05, 4.69) is 15.0 Å². The Bertz CT molecular complexity index is 971. The van der Waals surface area contributed by atoms with Crippen LogP contribution >= 0.6 is 0 Å². The van der Waals surface area contributed by atoms with Crippen LogP contribution in [0.4, 0.5) is 8.78 Å². The van der Waals surface area contributed by atoms with Crippen molar-refractivity contribution in [2.75, 3.05) is 0 Å². The number of pyridine rings is 1. The number of benzene rings is 2. The second-order valence-electron chi connectivity index (χ2n) is 4.75. The van der Waals surface area contributed by atoms with Gasteiger partial charge in [0.15, 0.2) is 5.82 Å². The van der Waals surface area contributed by atoms with Gasteiger partial charge in [-0.3, -0.25) is 4.98 Å². The maximum absolute atomic E-state index is 13.8. The zero-order chi connectivity index (χ0) is 14.4. The zero-order valence-electron chi connectivity index (χ0n) is 10.8. The van der Waals surface area contributed by atoms with Crippen LogP contribution in [0, 0.1) is 11.6 Å². The van der Waals surface area contributed by atoms with Gasteiger partial charge in [0.1, 0.15) is 17.2 Å². The van der Waals surface area contributed by atoms with Crippen molar-refractivity contribution in [3.63, 3.8) is 0 Å². The van der Waals surface area contributed by atoms with Crippen molar-refractivity contribution in [3.8, 4) is 11.4 Å². The molecule has 2 aromatic carbocycles. The molecule has 5 heteroatoms. The lowest BCUT2D eigenvalue weighted by Gasteiger charge is -2.01. The molecule has 0 aliphatic heterocycles. The summed E-state index contributed by atoms with van der Waals surface area (Å²) in [5.41, 5.74) is 1.97. The molecular weight excluding hydrogens is 272 g/mol. The quantitative estimate of drug-likeness (QED) is 0.571. The Morgan fingerprint density at radius 1 is 0.952 bits per heavy atom. The van der Waals surface area contributed by atoms with E-state index in [1.54, 1.807) is 6.20 Å². The second-order valence-corrected chi connectivity index (χ2v) is 4.75. The van der Waals surface area contributed by atoms with Crippen LogP contribution in [0.2, 0.25) is 0 Å². The minimum atomic E-state index is -0.680. The number of aromatic nitrogens is 3. The topological polar surface area (TPSA) is 41.6 Å². The van der Waals surface area contributed by atoms with E-state index >= 15 is 0 Å². The lowest BCUT2D eigenvalue weighted by Crippen LogP contribution is -1.86. The van der Waals surface area contributed by atoms with Gasteiger partial charge in [0.25, 0.3) is 0 Å². The third kappa shape index (κ3) is 1.86. The Kier molecular flexibility index (Phi) is 2.47. The predicted molar refractivity (Wildman–Crippen MR) is 76.7 cm³/mol. The van der Waals surface area contributed by atoms with Crippen molar-refractivity contribution in [3.05, 3.63) is 60.3 Å². The largest absolute Gasteiger partial charge is 0.338 e. The van der Waals surface area contributed by atoms with E-state index in [4.69, 9.17) is 0 Å². The summed E-state index contributed by atoms with van der Waals surface area (Å²) in [6.07, 6.45) is 1.69. The highest BCUT2D eigenvalue weighted by Crippen LogP contribution is 2.27. The molecule has 1 N–H and O–H groups in total. The molecule has 4 rings (SSSR count). The molecule has 0 amide bonds. The Hall–Kier alpha value is -2.82. The number of fused-ring (bicyclic) bond motifs is 2. The molecule has 0 saturated carbocycles. The van der Waals surface area contributed by atoms with Crippen molar-refractivity contribution < 1.29 is 8.78 Å². The van der Waals surface area contributed by atoms with Crippen LogP contribution in [0.15, 0.2) is 48.7 Å². The maximum atomic E-state index is 13.8. The third-order valence-corrected chi connectivity index (χ3v) is 3.39. The molecule has 0 bridgehead atoms. The lowest BCUT2D eigenvalue weighted by molar-refractivity contribution is 0.591. The number of hydrogen-bond donors (Lipinski definition) is 1. The van der Waals surface area contributed by atoms with Crippen LogP contribution < -0.4 is 0 Å². The van der Waals surface area contributed by atoms with E-state index in [9.17, 15) is 8.78 Å². The van der Waals surface area contributed by atoms with E-state index in [0.29, 0.717) is 11.3 Å². The highest BCUT2D eigenvalue weighted by atomic mass is 19.1. The molecule has 0 unspecified atom stereocenters. The molecule has 0 fully saturated rings. The predicted octanol–water partition coefficient (Wildman–Crippen LogP) is 4.06. The fourth-order valence-electron chi connectivity index (χ4n) is 2.47. The minimum absolute atomic E-state index is 0.124. The van der Waals surface area contributed by atoms with Crippen molar-refractivity contribution >= 4 is 21.9 Å². The molecule has 2 heterocycles. The number of imidazole rings is 1. The fraction of sp³-hybridized carbons (Fsp3) is 0. The van der Waals surface area contributed by atoms with Gasteiger partial charge in [-0.2, -0.15) is 0 Å². The Balaban J connectivity index is 2.03. The van der Waals surface area contributed by atoms with Gasteiger partial charge < -0.3 is 4.98 Å². The molecule has 2 aromatic heterocycles. The summed E-state index contributed by atoms with van der Waals surface area (Å²) in [7, 11) is 0. The average molecular weight is 281 g/mol. The van der Waals surface area contributed by atoms with Gasteiger partial charge in [-0.25, -0.2) is 13.8 Å². The van der Waals surface area contributed by atoms with E-state index < -0.39 is 11.6 Å². The Morgan fingerprint density at radius 2 is 1.81 bits per heavy atom. The van der Waals surface area contributed by atoms with E-state index in [-0.39, 0.29) is 5.52 Å². The molecule has 0 aliphatic rings. The molecule has 4 aromatic rings. The summed E-state index contributed by atoms with van der Waals surface area (Å²) in [6.45, 7) is 0. The Morgan fingerprint density at radius 3 is 2.71 bits per heavy atom. The summed E-state index contributed by atoms with van der Waals surface area (Å²) < 4.78 is 27.0. The average Bonchev–Trinajstić information content (AvgIpc) is 2.90. The Labute approximate surface area is 118 Å². The highest BCUT2D eigenvalue weighted by Gasteiger charge is 2.13. The van der Waals surface area contributed by atoms with Crippen LogP contribution in [-0.4, -0.2) is 15.0 Å². The molecule has 0 radical (unpaired) electrons. The number of halogens is 2. The highest BCUT2D eigenvalue weighted by molar-refractivity contribution is 5.93. The first-order valence-corrected chi connectivity index (χ1v) is 6.41. The van der Waals surface area contributed by atoms with Gasteiger partial charge in [0.2, 0.25) is 0 Å². The van der Waals surface area contributed by atoms with Gasteiger partial charge in [0.05, 0.1) is 11.0 Å². The summed E-state index contributed by atoms with van der Waals surface area (Å²) in [6, 6.07) is 11.5. The lowest BCUT2D eigenvalue weighted by atomic mass is 10.1. The minimum Gasteiger partial charge on any atom is -0.338 e. The third-order valence-electron chi connectivity index (χ3n) is 3.39. The van der Waals surface area contributed by atoms with E-state index in [0.717, 1.165) is 22.5 Å². The number of para-hydroxylation sites is 1. The smallest absolute Gasteiger partial charge is 0.153 e. The van der Waals surface area contributed by atoms with Crippen LogP contribution in [-0.2, 0) is 0 Å². The maximum Gasteiger partial charge on any atom is 0.153 e. The molecule has 0 aliphatic carbocycles. The molecule has 0 saturated heterocycles. The summed E-state index contributed by atoms with van der Waals surface area (Å²) in [4.78, 5) is 11.5. The number of nitrogens with zero attached hydrogens (tertiary/aromatic N) is 2. The molecule has 102 valence electrons. The first kappa shape index (κ1) is 12.0. The van der Waals surface area contributed by atoms with Gasteiger partial charge >= 0.3 is 0 Å². The van der Waals surface area contributed by atoms with E-state index in [1.165, 1.54) is 6.07 Å². The summed E-state index contributed by atoms with van der Waals surface area (Å²) in [5, 5.41) is 0.960. The molecular formula is C16H9F2N3. The fourth-order valence-corrected chi connectivity index (χ4v) is 2.47. The first-order chi connectivity index (χ1) is 10.2. The van der Waals surface area contributed by atoms with Crippen molar-refractivity contribution in [2.45, 2.75) is 0 Å². The summed E-state index contributed by atoms with van der Waals surface area (Å²) in [5.74, 6) is -0.842. The monoisotopic (exact) mass is 281 g/mol. The van der Waals surface area contributed by atoms with Crippen molar-refractivity contribution in [2.24, 2.45) is 0 Å². The van der Waals surface area contributed by atoms with E-state index in [1.807, 2.05) is 30.3 Å². The standard InChI is InChI=1S/C16H9F2N3/c17-10-7-12(18)15-13(8-10)20-16(21-15)11-5-1-3-9-4-2-6-19-14(9)11/h1-8H,(H,20,21). The second kappa shape index (κ2) is 4.34. The number of nitrogens with one attached hydrogen (secondary N) is 1. The number of H-pyrrole nitrogens is 1. The number of hydrogen-bond acceptors (Lipinski definition) is 2. The normalized spacial score (nSPS) is 11.3. The van der Waals surface area contributed by atoms with Gasteiger partial charge in [0, 0.05) is 23.2 Å². The number of aromatic amines is 1.